The quantitative estimate of drug-likeness (QED) is 0.292. The van der Waals surface area contributed by atoms with Crippen LogP contribution >= 0.6 is 0 Å². The molecule has 0 aromatic heterocycles. The summed E-state index contributed by atoms with van der Waals surface area (Å²) < 4.78 is 9.42. The topological polar surface area (TPSA) is 127 Å². The molecule has 132 valence electrons. The van der Waals surface area contributed by atoms with E-state index in [9.17, 15) is 19.2 Å². The van der Waals surface area contributed by atoms with E-state index in [0.29, 0.717) is 25.7 Å². The van der Waals surface area contributed by atoms with E-state index >= 15 is 0 Å². The molecule has 0 aromatic carbocycles. The molecule has 0 amide bonds. The Bertz CT molecular complexity index is 391. The van der Waals surface area contributed by atoms with Crippen molar-refractivity contribution in [2.75, 3.05) is 13.2 Å². The average molecular weight is 332 g/mol. The maximum absolute atomic E-state index is 11.4. The summed E-state index contributed by atoms with van der Waals surface area (Å²) in [6.45, 7) is 0.284. The van der Waals surface area contributed by atoms with Gasteiger partial charge < -0.3 is 19.7 Å². The Hall–Kier alpha value is -1.96. The molecule has 0 atom stereocenters. The molecule has 8 nitrogen and oxygen atoms in total. The third kappa shape index (κ3) is 14.7. The van der Waals surface area contributed by atoms with E-state index in [1.807, 2.05) is 0 Å². The molecule has 0 spiro atoms. The van der Waals surface area contributed by atoms with Gasteiger partial charge >= 0.3 is 23.9 Å². The second-order valence-corrected chi connectivity index (χ2v) is 4.95. The van der Waals surface area contributed by atoms with Crippen molar-refractivity contribution < 1.29 is 38.9 Å². The highest BCUT2D eigenvalue weighted by molar-refractivity contribution is 5.85. The number of esters is 3. The largest absolute Gasteiger partial charge is 0.481 e. The van der Waals surface area contributed by atoms with E-state index in [0.717, 1.165) is 0 Å². The van der Waals surface area contributed by atoms with Crippen molar-refractivity contribution in [1.82, 2.24) is 0 Å². The number of aliphatic hydroxyl groups excluding tert-OH is 1. The molecule has 0 radical (unpaired) electrons. The molecule has 0 heterocycles. The summed E-state index contributed by atoms with van der Waals surface area (Å²) in [5.41, 5.74) is 0. The minimum absolute atomic E-state index is 0.00802. The lowest BCUT2D eigenvalue weighted by Gasteiger charge is -2.04. The average Bonchev–Trinajstić information content (AvgIpc) is 2.48. The fraction of sp³-hybridized carbons (Fsp3) is 0.733. The van der Waals surface area contributed by atoms with Gasteiger partial charge in [-0.25, -0.2) is 0 Å². The smallest absolute Gasteiger partial charge is 0.313 e. The van der Waals surface area contributed by atoms with E-state index in [2.05, 4.69) is 4.74 Å². The molecule has 0 rings (SSSR count). The monoisotopic (exact) mass is 332 g/mol. The van der Waals surface area contributed by atoms with Gasteiger partial charge in [-0.1, -0.05) is 0 Å². The molecular weight excluding hydrogens is 308 g/mol. The Balaban J connectivity index is 3.60. The number of unbranched alkanes of at least 4 members (excludes halogenated alkanes) is 2. The van der Waals surface area contributed by atoms with Crippen molar-refractivity contribution in [3.8, 4) is 0 Å². The molecule has 8 heteroatoms. The van der Waals surface area contributed by atoms with Gasteiger partial charge in [0.1, 0.15) is 0 Å². The standard InChI is InChI=1S/C15H24O8/c16-10-3-4-11-22-13(19)8-5-9-15(21)23-14(20)7-2-1-6-12(17)18/h16H,1-11H2,(H,17,18). The normalized spacial score (nSPS) is 10.1. The molecule has 0 aliphatic carbocycles. The highest BCUT2D eigenvalue weighted by Crippen LogP contribution is 2.05. The summed E-state index contributed by atoms with van der Waals surface area (Å²) in [6, 6.07) is 0. The zero-order valence-electron chi connectivity index (χ0n) is 13.1. The minimum Gasteiger partial charge on any atom is -0.481 e. The first-order valence-corrected chi connectivity index (χ1v) is 7.67. The van der Waals surface area contributed by atoms with Crippen LogP contribution in [0.2, 0.25) is 0 Å². The summed E-state index contributed by atoms with van der Waals surface area (Å²) in [4.78, 5) is 44.2. The van der Waals surface area contributed by atoms with Crippen molar-refractivity contribution in [2.24, 2.45) is 0 Å². The van der Waals surface area contributed by atoms with Gasteiger partial charge in [-0.3, -0.25) is 19.2 Å². The lowest BCUT2D eigenvalue weighted by molar-refractivity contribution is -0.160. The highest BCUT2D eigenvalue weighted by atomic mass is 16.6. The summed E-state index contributed by atoms with van der Waals surface area (Å²) in [7, 11) is 0. The Morgan fingerprint density at radius 1 is 0.696 bits per heavy atom. The van der Waals surface area contributed by atoms with Gasteiger partial charge in [0.25, 0.3) is 0 Å². The second kappa shape index (κ2) is 13.7. The first kappa shape index (κ1) is 21.0. The predicted octanol–water partition coefficient (Wildman–Crippen LogP) is 1.19. The molecule has 0 fully saturated rings. The lowest BCUT2D eigenvalue weighted by atomic mass is 10.2. The highest BCUT2D eigenvalue weighted by Gasteiger charge is 2.12. The molecule has 0 aliphatic heterocycles. The van der Waals surface area contributed by atoms with Crippen LogP contribution in [-0.4, -0.2) is 47.3 Å². The van der Waals surface area contributed by atoms with Crippen LogP contribution in [0, 0.1) is 0 Å². The van der Waals surface area contributed by atoms with Crippen LogP contribution in [-0.2, 0) is 28.7 Å². The Morgan fingerprint density at radius 2 is 1.26 bits per heavy atom. The number of carboxylic acid groups (broad SMARTS) is 1. The summed E-state index contributed by atoms with van der Waals surface area (Å²) >= 11 is 0. The number of carbonyl (C=O) groups excluding carboxylic acids is 3. The molecule has 0 saturated heterocycles. The minimum atomic E-state index is -0.933. The summed E-state index contributed by atoms with van der Waals surface area (Å²) in [6.07, 6.45) is 2.03. The SMILES string of the molecule is O=C(O)CCCCC(=O)OC(=O)CCCC(=O)OCCCCO. The van der Waals surface area contributed by atoms with Crippen molar-refractivity contribution in [2.45, 2.75) is 57.8 Å². The van der Waals surface area contributed by atoms with Crippen LogP contribution in [0.4, 0.5) is 0 Å². The zero-order valence-corrected chi connectivity index (χ0v) is 13.1. The molecule has 2 N–H and O–H groups in total. The number of carboxylic acids is 1. The molecule has 23 heavy (non-hydrogen) atoms. The fourth-order valence-electron chi connectivity index (χ4n) is 1.62. The molecule has 0 saturated carbocycles. The van der Waals surface area contributed by atoms with Crippen LogP contribution in [0.25, 0.3) is 0 Å². The summed E-state index contributed by atoms with van der Waals surface area (Å²) in [5.74, 6) is -2.76. The van der Waals surface area contributed by atoms with Gasteiger partial charge in [0.15, 0.2) is 0 Å². The number of aliphatic carboxylic acids is 1. The molecule has 0 aromatic rings. The van der Waals surface area contributed by atoms with E-state index in [4.69, 9.17) is 14.9 Å². The van der Waals surface area contributed by atoms with Gasteiger partial charge in [0.2, 0.25) is 0 Å². The van der Waals surface area contributed by atoms with Crippen LogP contribution in [0.15, 0.2) is 0 Å². The predicted molar refractivity (Wildman–Crippen MR) is 78.3 cm³/mol. The number of carbonyl (C=O) groups is 4. The van der Waals surface area contributed by atoms with E-state index < -0.39 is 23.9 Å². The van der Waals surface area contributed by atoms with Gasteiger partial charge in [-0.15, -0.1) is 0 Å². The van der Waals surface area contributed by atoms with Crippen molar-refractivity contribution in [3.05, 3.63) is 0 Å². The van der Waals surface area contributed by atoms with Gasteiger partial charge in [-0.2, -0.15) is 0 Å². The first-order chi connectivity index (χ1) is 11.0. The van der Waals surface area contributed by atoms with Crippen molar-refractivity contribution in [3.63, 3.8) is 0 Å². The van der Waals surface area contributed by atoms with Crippen LogP contribution in [0.5, 0.6) is 0 Å². The Kier molecular flexibility index (Phi) is 12.5. The molecular formula is C15H24O8. The van der Waals surface area contributed by atoms with Gasteiger partial charge in [0, 0.05) is 32.3 Å². The molecule has 0 aliphatic rings. The maximum Gasteiger partial charge on any atom is 0.313 e. The molecule has 0 bridgehead atoms. The summed E-state index contributed by atoms with van der Waals surface area (Å²) in [5, 5.41) is 17.0. The number of hydrogen-bond acceptors (Lipinski definition) is 7. The lowest BCUT2D eigenvalue weighted by Crippen LogP contribution is -2.13. The van der Waals surface area contributed by atoms with Crippen LogP contribution in [0.1, 0.15) is 57.8 Å². The Morgan fingerprint density at radius 3 is 1.87 bits per heavy atom. The number of hydrogen-bond donors (Lipinski definition) is 2. The van der Waals surface area contributed by atoms with Gasteiger partial charge in [-0.05, 0) is 32.1 Å². The first-order valence-electron chi connectivity index (χ1n) is 7.67. The van der Waals surface area contributed by atoms with E-state index in [1.54, 1.807) is 0 Å². The number of rotatable bonds is 13. The Labute approximate surface area is 134 Å². The molecule has 0 unspecified atom stereocenters. The van der Waals surface area contributed by atoms with Crippen molar-refractivity contribution in [1.29, 1.82) is 0 Å². The number of aliphatic hydroxyl groups is 1. The van der Waals surface area contributed by atoms with E-state index in [-0.39, 0.29) is 45.3 Å². The third-order valence-corrected chi connectivity index (χ3v) is 2.83. The third-order valence-electron chi connectivity index (χ3n) is 2.83. The zero-order chi connectivity index (χ0) is 17.5. The van der Waals surface area contributed by atoms with E-state index in [1.165, 1.54) is 0 Å². The fourth-order valence-corrected chi connectivity index (χ4v) is 1.62. The maximum atomic E-state index is 11.4. The van der Waals surface area contributed by atoms with Gasteiger partial charge in [0.05, 0.1) is 6.61 Å². The van der Waals surface area contributed by atoms with Crippen molar-refractivity contribution >= 4 is 23.9 Å². The van der Waals surface area contributed by atoms with Crippen LogP contribution < -0.4 is 0 Å². The number of ether oxygens (including phenoxy) is 2. The van der Waals surface area contributed by atoms with Crippen LogP contribution in [0.3, 0.4) is 0 Å². The second-order valence-electron chi connectivity index (χ2n) is 4.95.